The Bertz CT molecular complexity index is 564. The standard InChI is InChI=1S/C12H17FN2O3S.ClH/c1-18-12-6-9(4-5-10(12)13)19(16,17)15-7-11(14)8-2-3-8;/h4-6,8,11,15H,2-3,7,14H2,1H3;1H. The van der Waals surface area contributed by atoms with Crippen LogP contribution in [0.25, 0.3) is 0 Å². The lowest BCUT2D eigenvalue weighted by Gasteiger charge is -2.12. The molecule has 1 fully saturated rings. The van der Waals surface area contributed by atoms with E-state index in [0.717, 1.165) is 25.0 Å². The summed E-state index contributed by atoms with van der Waals surface area (Å²) < 4.78 is 44.5. The van der Waals surface area contributed by atoms with Gasteiger partial charge in [-0.2, -0.15) is 0 Å². The zero-order chi connectivity index (χ0) is 14.0. The van der Waals surface area contributed by atoms with Gasteiger partial charge in [0, 0.05) is 18.7 Å². The SMILES string of the molecule is COc1cc(S(=O)(=O)NCC(N)C2CC2)ccc1F.Cl. The van der Waals surface area contributed by atoms with Gasteiger partial charge < -0.3 is 10.5 Å². The molecule has 3 N–H and O–H groups in total. The first-order valence-corrected chi connectivity index (χ1v) is 7.51. The third-order valence-corrected chi connectivity index (χ3v) is 4.59. The minimum atomic E-state index is -3.69. The van der Waals surface area contributed by atoms with Gasteiger partial charge in [0.25, 0.3) is 0 Å². The molecular weight excluding hydrogens is 307 g/mol. The summed E-state index contributed by atoms with van der Waals surface area (Å²) in [6, 6.07) is 3.24. The number of methoxy groups -OCH3 is 1. The van der Waals surface area contributed by atoms with E-state index in [4.69, 9.17) is 10.5 Å². The topological polar surface area (TPSA) is 81.4 Å². The van der Waals surface area contributed by atoms with Crippen LogP contribution in [0.15, 0.2) is 23.1 Å². The fourth-order valence-corrected chi connectivity index (χ4v) is 2.88. The molecule has 0 heterocycles. The van der Waals surface area contributed by atoms with Gasteiger partial charge in [-0.1, -0.05) is 0 Å². The molecule has 0 spiro atoms. The molecule has 0 aromatic heterocycles. The molecule has 0 saturated heterocycles. The zero-order valence-corrected chi connectivity index (χ0v) is 12.6. The number of hydrogen-bond donors (Lipinski definition) is 2. The van der Waals surface area contributed by atoms with Crippen LogP contribution in [0.4, 0.5) is 4.39 Å². The Kier molecular flexibility index (Phi) is 5.76. The summed E-state index contributed by atoms with van der Waals surface area (Å²) in [5.74, 6) is -0.295. The van der Waals surface area contributed by atoms with Crippen LogP contribution in [0.5, 0.6) is 5.75 Å². The van der Waals surface area contributed by atoms with Gasteiger partial charge in [-0.05, 0) is 30.9 Å². The average Bonchev–Trinajstić information content (AvgIpc) is 3.20. The summed E-state index contributed by atoms with van der Waals surface area (Å²) in [7, 11) is -2.40. The third-order valence-electron chi connectivity index (χ3n) is 3.17. The highest BCUT2D eigenvalue weighted by molar-refractivity contribution is 7.89. The van der Waals surface area contributed by atoms with Crippen LogP contribution in [0.2, 0.25) is 0 Å². The van der Waals surface area contributed by atoms with Gasteiger partial charge in [0.15, 0.2) is 11.6 Å². The van der Waals surface area contributed by atoms with E-state index in [1.54, 1.807) is 0 Å². The van der Waals surface area contributed by atoms with Gasteiger partial charge in [0.1, 0.15) is 0 Å². The number of hydrogen-bond acceptors (Lipinski definition) is 4. The highest BCUT2D eigenvalue weighted by atomic mass is 35.5. The molecule has 1 atom stereocenters. The summed E-state index contributed by atoms with van der Waals surface area (Å²) in [5, 5.41) is 0. The largest absolute Gasteiger partial charge is 0.494 e. The molecule has 5 nitrogen and oxygen atoms in total. The van der Waals surface area contributed by atoms with E-state index in [1.165, 1.54) is 13.2 Å². The molecular formula is C12H18ClFN2O3S. The van der Waals surface area contributed by atoms with Crippen LogP contribution >= 0.6 is 12.4 Å². The average molecular weight is 325 g/mol. The van der Waals surface area contributed by atoms with Crippen molar-refractivity contribution in [1.29, 1.82) is 0 Å². The fraction of sp³-hybridized carbons (Fsp3) is 0.500. The molecule has 8 heteroatoms. The van der Waals surface area contributed by atoms with Gasteiger partial charge in [0.2, 0.25) is 10.0 Å². The lowest BCUT2D eigenvalue weighted by atomic mass is 10.2. The molecule has 1 aromatic rings. The van der Waals surface area contributed by atoms with Gasteiger partial charge in [-0.3, -0.25) is 0 Å². The van der Waals surface area contributed by atoms with E-state index in [0.29, 0.717) is 5.92 Å². The Labute approximate surface area is 124 Å². The predicted molar refractivity (Wildman–Crippen MR) is 76.1 cm³/mol. The Hall–Kier alpha value is -0.890. The van der Waals surface area contributed by atoms with E-state index in [1.807, 2.05) is 0 Å². The van der Waals surface area contributed by atoms with Crippen molar-refractivity contribution in [3.05, 3.63) is 24.0 Å². The van der Waals surface area contributed by atoms with Crippen LogP contribution in [0.3, 0.4) is 0 Å². The van der Waals surface area contributed by atoms with Crippen LogP contribution in [0.1, 0.15) is 12.8 Å². The number of nitrogens with two attached hydrogens (primary N) is 1. The normalized spacial score (nSPS) is 16.4. The van der Waals surface area contributed by atoms with E-state index in [9.17, 15) is 12.8 Å². The van der Waals surface area contributed by atoms with Crippen LogP contribution < -0.4 is 15.2 Å². The van der Waals surface area contributed by atoms with Crippen molar-refractivity contribution in [1.82, 2.24) is 4.72 Å². The summed E-state index contributed by atoms with van der Waals surface area (Å²) in [4.78, 5) is -0.0336. The van der Waals surface area contributed by atoms with Crippen LogP contribution in [0, 0.1) is 11.7 Å². The maximum atomic E-state index is 13.2. The minimum absolute atomic E-state index is 0. The number of halogens is 2. The Morgan fingerprint density at radius 3 is 2.70 bits per heavy atom. The molecule has 20 heavy (non-hydrogen) atoms. The first-order chi connectivity index (χ1) is 8.94. The molecule has 2 rings (SSSR count). The molecule has 1 aliphatic rings. The first-order valence-electron chi connectivity index (χ1n) is 6.03. The predicted octanol–water partition coefficient (Wildman–Crippen LogP) is 1.27. The molecule has 0 radical (unpaired) electrons. The maximum absolute atomic E-state index is 13.2. The molecule has 1 saturated carbocycles. The van der Waals surface area contributed by atoms with E-state index < -0.39 is 15.8 Å². The van der Waals surface area contributed by atoms with Crippen molar-refractivity contribution in [3.63, 3.8) is 0 Å². The first kappa shape index (κ1) is 17.2. The summed E-state index contributed by atoms with van der Waals surface area (Å²) in [6.07, 6.45) is 2.10. The maximum Gasteiger partial charge on any atom is 0.240 e. The molecule has 114 valence electrons. The van der Waals surface area contributed by atoms with Crippen LogP contribution in [-0.4, -0.2) is 28.1 Å². The minimum Gasteiger partial charge on any atom is -0.494 e. The second-order valence-corrected chi connectivity index (χ2v) is 6.42. The van der Waals surface area contributed by atoms with Crippen molar-refractivity contribution < 1.29 is 17.5 Å². The number of benzene rings is 1. The molecule has 1 aromatic carbocycles. The molecule has 1 unspecified atom stereocenters. The fourth-order valence-electron chi connectivity index (χ4n) is 1.79. The summed E-state index contributed by atoms with van der Waals surface area (Å²) in [6.45, 7) is 0.187. The highest BCUT2D eigenvalue weighted by Crippen LogP contribution is 2.31. The lowest BCUT2D eigenvalue weighted by Crippen LogP contribution is -2.38. The van der Waals surface area contributed by atoms with E-state index >= 15 is 0 Å². The van der Waals surface area contributed by atoms with Crippen molar-refractivity contribution in [2.45, 2.75) is 23.8 Å². The lowest BCUT2D eigenvalue weighted by molar-refractivity contribution is 0.385. The monoisotopic (exact) mass is 324 g/mol. The molecule has 0 aliphatic heterocycles. The van der Waals surface area contributed by atoms with Crippen molar-refractivity contribution in [2.75, 3.05) is 13.7 Å². The quantitative estimate of drug-likeness (QED) is 0.825. The molecule has 0 amide bonds. The Morgan fingerprint density at radius 1 is 1.50 bits per heavy atom. The van der Waals surface area contributed by atoms with Gasteiger partial charge in [-0.15, -0.1) is 12.4 Å². The second-order valence-electron chi connectivity index (χ2n) is 4.65. The smallest absolute Gasteiger partial charge is 0.240 e. The summed E-state index contributed by atoms with van der Waals surface area (Å²) in [5.41, 5.74) is 5.83. The number of nitrogens with one attached hydrogen (secondary N) is 1. The summed E-state index contributed by atoms with van der Waals surface area (Å²) >= 11 is 0. The Morgan fingerprint density at radius 2 is 2.15 bits per heavy atom. The number of rotatable bonds is 6. The number of sulfonamides is 1. The highest BCUT2D eigenvalue weighted by Gasteiger charge is 2.29. The van der Waals surface area contributed by atoms with Crippen LogP contribution in [-0.2, 0) is 10.0 Å². The van der Waals surface area contributed by atoms with Gasteiger partial charge in [0.05, 0.1) is 12.0 Å². The van der Waals surface area contributed by atoms with Crippen molar-refractivity contribution in [3.8, 4) is 5.75 Å². The third kappa shape index (κ3) is 4.05. The van der Waals surface area contributed by atoms with Crippen molar-refractivity contribution >= 4 is 22.4 Å². The van der Waals surface area contributed by atoms with E-state index in [-0.39, 0.29) is 35.6 Å². The number of ether oxygens (including phenoxy) is 1. The van der Waals surface area contributed by atoms with E-state index in [2.05, 4.69) is 4.72 Å². The second kappa shape index (κ2) is 6.71. The van der Waals surface area contributed by atoms with Gasteiger partial charge >= 0.3 is 0 Å². The molecule has 0 bridgehead atoms. The van der Waals surface area contributed by atoms with Gasteiger partial charge in [-0.25, -0.2) is 17.5 Å². The Balaban J connectivity index is 0.00000200. The zero-order valence-electron chi connectivity index (χ0n) is 11.0. The molecule has 1 aliphatic carbocycles. The van der Waals surface area contributed by atoms with Crippen molar-refractivity contribution in [2.24, 2.45) is 11.7 Å².